The van der Waals surface area contributed by atoms with Crippen molar-refractivity contribution in [2.45, 2.75) is 13.8 Å². The minimum atomic E-state index is -0.350. The van der Waals surface area contributed by atoms with Crippen LogP contribution in [-0.2, 0) is 0 Å². The van der Waals surface area contributed by atoms with Crippen molar-refractivity contribution < 1.29 is 4.79 Å². The van der Waals surface area contributed by atoms with E-state index in [9.17, 15) is 9.59 Å². The van der Waals surface area contributed by atoms with Gasteiger partial charge in [0.1, 0.15) is 0 Å². The number of carbonyl (C=O) groups is 1. The molecule has 0 bridgehead atoms. The zero-order valence-electron chi connectivity index (χ0n) is 14.5. The van der Waals surface area contributed by atoms with Gasteiger partial charge in [-0.2, -0.15) is 0 Å². The number of rotatable bonds is 4. The van der Waals surface area contributed by atoms with Crippen LogP contribution in [0.1, 0.15) is 32.7 Å². The highest BCUT2D eigenvalue weighted by molar-refractivity contribution is 14.1. The number of nitrogens with one attached hydrogen (secondary N) is 1. The molecule has 0 unspecified atom stereocenters. The number of benzene rings is 2. The average molecular weight is 455 g/mol. The van der Waals surface area contributed by atoms with Crippen molar-refractivity contribution in [1.29, 1.82) is 0 Å². The van der Waals surface area contributed by atoms with E-state index < -0.39 is 0 Å². The van der Waals surface area contributed by atoms with Gasteiger partial charge in [0, 0.05) is 14.8 Å². The first kappa shape index (κ1) is 18.3. The van der Waals surface area contributed by atoms with Crippen LogP contribution in [0.2, 0.25) is 0 Å². The number of hydrogen-bond acceptors (Lipinski definition) is 2. The fourth-order valence-electron chi connectivity index (χ4n) is 2.89. The van der Waals surface area contributed by atoms with E-state index >= 15 is 0 Å². The van der Waals surface area contributed by atoms with Gasteiger partial charge in [-0.15, -0.1) is 0 Å². The fourth-order valence-corrected chi connectivity index (χ4v) is 3.25. The van der Waals surface area contributed by atoms with E-state index in [1.807, 2.05) is 73.7 Å². The second kappa shape index (κ2) is 7.83. The Bertz CT molecular complexity index is 1030. The zero-order chi connectivity index (χ0) is 18.7. The number of halogens is 1. The monoisotopic (exact) mass is 455 g/mol. The molecule has 0 radical (unpaired) electrons. The molecule has 130 valence electrons. The molecule has 0 aliphatic carbocycles. The van der Waals surface area contributed by atoms with Gasteiger partial charge >= 0.3 is 0 Å². The van der Waals surface area contributed by atoms with Gasteiger partial charge in [-0.3, -0.25) is 9.59 Å². The summed E-state index contributed by atoms with van der Waals surface area (Å²) in [6.07, 6.45) is 1.84. The molecule has 3 nitrogen and oxygen atoms in total. The van der Waals surface area contributed by atoms with Gasteiger partial charge < -0.3 is 4.98 Å². The molecule has 1 heterocycles. The highest BCUT2D eigenvalue weighted by Crippen LogP contribution is 2.23. The number of ketones is 1. The van der Waals surface area contributed by atoms with Crippen LogP contribution in [0.4, 0.5) is 0 Å². The first-order valence-corrected chi connectivity index (χ1v) is 9.31. The maximum atomic E-state index is 13.3. The lowest BCUT2D eigenvalue weighted by atomic mass is 9.93. The Morgan fingerprint density at radius 3 is 2.27 bits per heavy atom. The van der Waals surface area contributed by atoms with E-state index in [-0.39, 0.29) is 16.9 Å². The number of carbonyl (C=O) groups excluding carboxylic acids is 1. The van der Waals surface area contributed by atoms with Gasteiger partial charge in [-0.05, 0) is 77.4 Å². The predicted octanol–water partition coefficient (Wildman–Crippen LogP) is 5.02. The fraction of sp³-hybridized carbons (Fsp3) is 0.0909. The third kappa shape index (κ3) is 4.02. The minimum Gasteiger partial charge on any atom is -0.326 e. The number of H-pyrrole nitrogens is 1. The zero-order valence-corrected chi connectivity index (χ0v) is 16.7. The second-order valence-corrected chi connectivity index (χ2v) is 7.39. The van der Waals surface area contributed by atoms with E-state index in [1.165, 1.54) is 0 Å². The Labute approximate surface area is 165 Å². The van der Waals surface area contributed by atoms with Crippen molar-refractivity contribution >= 4 is 40.0 Å². The third-order valence-corrected chi connectivity index (χ3v) is 4.82. The van der Waals surface area contributed by atoms with E-state index in [1.54, 1.807) is 6.92 Å². The summed E-state index contributed by atoms with van der Waals surface area (Å²) in [6.45, 7) is 3.60. The number of aromatic amines is 1. The molecule has 0 saturated heterocycles. The minimum absolute atomic E-state index is 0.191. The number of allylic oxidation sites excluding steroid dienone is 1. The number of pyridine rings is 1. The molecule has 0 amide bonds. The van der Waals surface area contributed by atoms with Crippen molar-refractivity contribution in [3.8, 4) is 0 Å². The van der Waals surface area contributed by atoms with Crippen LogP contribution < -0.4 is 5.56 Å². The van der Waals surface area contributed by atoms with Gasteiger partial charge in [0.05, 0.1) is 5.56 Å². The summed E-state index contributed by atoms with van der Waals surface area (Å²) in [4.78, 5) is 28.4. The summed E-state index contributed by atoms with van der Waals surface area (Å²) in [7, 11) is 0. The van der Waals surface area contributed by atoms with Crippen molar-refractivity contribution in [3.63, 3.8) is 0 Å². The molecule has 4 heteroatoms. The number of hydrogen-bond donors (Lipinski definition) is 1. The van der Waals surface area contributed by atoms with Gasteiger partial charge in [-0.25, -0.2) is 0 Å². The Morgan fingerprint density at radius 2 is 1.65 bits per heavy atom. The van der Waals surface area contributed by atoms with Crippen LogP contribution in [0.3, 0.4) is 0 Å². The van der Waals surface area contributed by atoms with Crippen LogP contribution in [0.25, 0.3) is 11.6 Å². The molecule has 3 aromatic rings. The van der Waals surface area contributed by atoms with Crippen LogP contribution in [0.15, 0.2) is 65.5 Å². The first-order valence-electron chi connectivity index (χ1n) is 8.23. The third-order valence-electron chi connectivity index (χ3n) is 4.10. The lowest BCUT2D eigenvalue weighted by Crippen LogP contribution is -2.21. The summed E-state index contributed by atoms with van der Waals surface area (Å²) < 4.78 is 1.12. The SMILES string of the molecule is Cc1cc(C)c(C(=O)/C(=C/c2ccc(I)cc2)c2ccccc2)c(=O)[nH]1. The molecular formula is C22H18INO2. The number of aromatic nitrogens is 1. The van der Waals surface area contributed by atoms with Crippen LogP contribution >= 0.6 is 22.6 Å². The van der Waals surface area contributed by atoms with Crippen molar-refractivity contribution in [2.75, 3.05) is 0 Å². The molecule has 1 aromatic heterocycles. The smallest absolute Gasteiger partial charge is 0.259 e. The van der Waals surface area contributed by atoms with Crippen LogP contribution in [-0.4, -0.2) is 10.8 Å². The van der Waals surface area contributed by atoms with Crippen LogP contribution in [0.5, 0.6) is 0 Å². The first-order chi connectivity index (χ1) is 12.5. The number of Topliss-reactive ketones (excluding diaryl/α,β-unsaturated/α-hetero) is 1. The molecule has 0 saturated carbocycles. The Balaban J connectivity index is 2.17. The highest BCUT2D eigenvalue weighted by Gasteiger charge is 2.20. The average Bonchev–Trinajstić information content (AvgIpc) is 2.61. The van der Waals surface area contributed by atoms with Gasteiger partial charge in [0.25, 0.3) is 5.56 Å². The van der Waals surface area contributed by atoms with Crippen molar-refractivity contribution in [3.05, 3.63) is 103 Å². The van der Waals surface area contributed by atoms with Crippen molar-refractivity contribution in [2.24, 2.45) is 0 Å². The molecule has 1 N–H and O–H groups in total. The summed E-state index contributed by atoms with van der Waals surface area (Å²) in [6, 6.07) is 19.2. The highest BCUT2D eigenvalue weighted by atomic mass is 127. The summed E-state index contributed by atoms with van der Waals surface area (Å²) in [5.74, 6) is -0.270. The summed E-state index contributed by atoms with van der Waals surface area (Å²) >= 11 is 2.24. The molecule has 26 heavy (non-hydrogen) atoms. The standard InChI is InChI=1S/C22H18INO2/c1-14-12-15(2)24-22(26)20(14)21(25)19(17-6-4-3-5-7-17)13-16-8-10-18(23)11-9-16/h3-13H,1-2H3,(H,24,26)/b19-13+. The van der Waals surface area contributed by atoms with Crippen LogP contribution in [0, 0.1) is 17.4 Å². The maximum Gasteiger partial charge on any atom is 0.259 e. The quantitative estimate of drug-likeness (QED) is 0.260. The maximum absolute atomic E-state index is 13.3. The lowest BCUT2D eigenvalue weighted by Gasteiger charge is -2.10. The van der Waals surface area contributed by atoms with Gasteiger partial charge in [0.15, 0.2) is 5.78 Å². The van der Waals surface area contributed by atoms with E-state index in [2.05, 4.69) is 27.6 Å². The molecule has 0 aliphatic heterocycles. The predicted molar refractivity (Wildman–Crippen MR) is 114 cm³/mol. The summed E-state index contributed by atoms with van der Waals surface area (Å²) in [5.41, 5.74) is 3.47. The van der Waals surface area contributed by atoms with Gasteiger partial charge in [-0.1, -0.05) is 42.5 Å². The lowest BCUT2D eigenvalue weighted by molar-refractivity contribution is 0.105. The largest absolute Gasteiger partial charge is 0.326 e. The molecule has 0 atom stereocenters. The normalized spacial score (nSPS) is 11.4. The summed E-state index contributed by atoms with van der Waals surface area (Å²) in [5, 5.41) is 0. The van der Waals surface area contributed by atoms with Gasteiger partial charge in [0.2, 0.25) is 0 Å². The van der Waals surface area contributed by atoms with Crippen molar-refractivity contribution in [1.82, 2.24) is 4.98 Å². The molecule has 0 fully saturated rings. The Kier molecular flexibility index (Phi) is 5.52. The van der Waals surface area contributed by atoms with E-state index in [4.69, 9.17) is 0 Å². The Hall–Kier alpha value is -2.47. The van der Waals surface area contributed by atoms with E-state index in [0.717, 1.165) is 20.4 Å². The molecule has 3 rings (SSSR count). The molecular weight excluding hydrogens is 437 g/mol. The topological polar surface area (TPSA) is 49.9 Å². The van der Waals surface area contributed by atoms with E-state index in [0.29, 0.717) is 11.1 Å². The Morgan fingerprint density at radius 1 is 1.00 bits per heavy atom. The molecule has 2 aromatic carbocycles. The number of aryl methyl sites for hydroxylation is 2. The molecule has 0 aliphatic rings. The second-order valence-electron chi connectivity index (χ2n) is 6.14. The molecule has 0 spiro atoms.